The highest BCUT2D eigenvalue weighted by Crippen LogP contribution is 2.25. The lowest BCUT2D eigenvalue weighted by atomic mass is 10.0. The number of benzene rings is 2. The largest absolute Gasteiger partial charge is 0.481 e. The van der Waals surface area contributed by atoms with Gasteiger partial charge < -0.3 is 14.8 Å². The number of hydrazone groups is 1. The van der Waals surface area contributed by atoms with Crippen LogP contribution in [-0.2, 0) is 14.3 Å². The topological polar surface area (TPSA) is 106 Å². The average Bonchev–Trinajstić information content (AvgIpc) is 2.78. The van der Waals surface area contributed by atoms with E-state index < -0.39 is 17.9 Å². The highest BCUT2D eigenvalue weighted by molar-refractivity contribution is 9.10. The van der Waals surface area contributed by atoms with Gasteiger partial charge in [-0.1, -0.05) is 25.4 Å². The Balaban J connectivity index is 1.98. The molecule has 8 nitrogen and oxygen atoms in total. The molecule has 34 heavy (non-hydrogen) atoms. The van der Waals surface area contributed by atoms with Crippen LogP contribution in [0.4, 0.5) is 0 Å². The lowest BCUT2D eigenvalue weighted by molar-refractivity contribution is -0.145. The fraction of sp³-hybridized carbons (Fsp3) is 0.333. The molecule has 0 saturated heterocycles. The summed E-state index contributed by atoms with van der Waals surface area (Å²) in [7, 11) is 0. The fourth-order valence-corrected chi connectivity index (χ4v) is 3.48. The zero-order chi connectivity index (χ0) is 25.1. The van der Waals surface area contributed by atoms with Crippen molar-refractivity contribution in [2.75, 3.05) is 13.2 Å². The van der Waals surface area contributed by atoms with Gasteiger partial charge in [-0.25, -0.2) is 10.2 Å². The van der Waals surface area contributed by atoms with Gasteiger partial charge in [-0.2, -0.15) is 5.10 Å². The molecule has 1 atom stereocenters. The summed E-state index contributed by atoms with van der Waals surface area (Å²) < 4.78 is 10.9. The van der Waals surface area contributed by atoms with E-state index in [-0.39, 0.29) is 25.0 Å². The Morgan fingerprint density at radius 3 is 2.47 bits per heavy atom. The van der Waals surface area contributed by atoms with Gasteiger partial charge in [0.25, 0.3) is 11.8 Å². The molecule has 0 aliphatic carbocycles. The van der Waals surface area contributed by atoms with E-state index in [4.69, 9.17) is 21.1 Å². The van der Waals surface area contributed by atoms with Crippen molar-refractivity contribution in [1.29, 1.82) is 0 Å². The Hall–Kier alpha value is -2.91. The lowest BCUT2D eigenvalue weighted by Gasteiger charge is -2.19. The summed E-state index contributed by atoms with van der Waals surface area (Å²) in [5.41, 5.74) is 3.57. The number of esters is 1. The third-order valence-corrected chi connectivity index (χ3v) is 5.30. The van der Waals surface area contributed by atoms with Crippen LogP contribution < -0.4 is 15.5 Å². The molecule has 182 valence electrons. The van der Waals surface area contributed by atoms with Crippen LogP contribution in [0.2, 0.25) is 5.02 Å². The standard InChI is InChI=1S/C24H27BrClN3O5/c1-4-33-22(30)14-34-21-10-5-16(12-19(21)25)13-27-29-24(32)20(11-15(2)3)28-23(31)17-6-8-18(26)9-7-17/h5-10,12-13,15,20H,4,11,14H2,1-3H3,(H,28,31)(H,29,32). The predicted octanol–water partition coefficient (Wildman–Crippen LogP) is 4.34. The van der Waals surface area contributed by atoms with Gasteiger partial charge in [-0.15, -0.1) is 0 Å². The summed E-state index contributed by atoms with van der Waals surface area (Å²) in [4.78, 5) is 36.6. The summed E-state index contributed by atoms with van der Waals surface area (Å²) in [6, 6.07) is 10.8. The minimum Gasteiger partial charge on any atom is -0.481 e. The van der Waals surface area contributed by atoms with Crippen LogP contribution in [0.3, 0.4) is 0 Å². The molecule has 2 N–H and O–H groups in total. The maximum absolute atomic E-state index is 12.7. The number of rotatable bonds is 11. The van der Waals surface area contributed by atoms with Gasteiger partial charge in [-0.3, -0.25) is 9.59 Å². The molecule has 0 heterocycles. The number of carbonyl (C=O) groups excluding carboxylic acids is 3. The van der Waals surface area contributed by atoms with Crippen LogP contribution >= 0.6 is 27.5 Å². The summed E-state index contributed by atoms with van der Waals surface area (Å²) >= 11 is 9.25. The second-order valence-electron chi connectivity index (χ2n) is 7.68. The second-order valence-corrected chi connectivity index (χ2v) is 8.97. The van der Waals surface area contributed by atoms with Gasteiger partial charge >= 0.3 is 5.97 Å². The third kappa shape index (κ3) is 9.15. The molecule has 0 aromatic heterocycles. The summed E-state index contributed by atoms with van der Waals surface area (Å²) in [5.74, 6) is -0.620. The van der Waals surface area contributed by atoms with Crippen molar-refractivity contribution in [3.8, 4) is 5.75 Å². The van der Waals surface area contributed by atoms with Crippen molar-refractivity contribution >= 4 is 51.5 Å². The summed E-state index contributed by atoms with van der Waals surface area (Å²) in [5, 5.41) is 7.27. The van der Waals surface area contributed by atoms with E-state index in [1.807, 2.05) is 13.8 Å². The first-order chi connectivity index (χ1) is 16.2. The van der Waals surface area contributed by atoms with Crippen LogP contribution in [0.15, 0.2) is 52.0 Å². The van der Waals surface area contributed by atoms with Gasteiger partial charge in [0, 0.05) is 10.6 Å². The normalized spacial score (nSPS) is 11.8. The van der Waals surface area contributed by atoms with Crippen molar-refractivity contribution in [3.63, 3.8) is 0 Å². The maximum atomic E-state index is 12.7. The van der Waals surface area contributed by atoms with Crippen LogP contribution in [0.1, 0.15) is 43.1 Å². The molecule has 2 amide bonds. The molecule has 0 bridgehead atoms. The quantitative estimate of drug-likeness (QED) is 0.245. The Bertz CT molecular complexity index is 1030. The smallest absolute Gasteiger partial charge is 0.344 e. The lowest BCUT2D eigenvalue weighted by Crippen LogP contribution is -2.46. The van der Waals surface area contributed by atoms with Gasteiger partial charge in [0.2, 0.25) is 0 Å². The highest BCUT2D eigenvalue weighted by Gasteiger charge is 2.22. The first-order valence-electron chi connectivity index (χ1n) is 10.7. The third-order valence-electron chi connectivity index (χ3n) is 4.43. The molecule has 2 aromatic rings. The van der Waals surface area contributed by atoms with E-state index in [0.29, 0.717) is 32.8 Å². The number of hydrogen-bond donors (Lipinski definition) is 2. The van der Waals surface area contributed by atoms with Crippen LogP contribution in [-0.4, -0.2) is 43.3 Å². The molecule has 10 heteroatoms. The molecule has 0 radical (unpaired) electrons. The van der Waals surface area contributed by atoms with Gasteiger partial charge in [0.15, 0.2) is 6.61 Å². The molecule has 0 spiro atoms. The summed E-state index contributed by atoms with van der Waals surface area (Å²) in [6.45, 7) is 5.73. The molecular weight excluding hydrogens is 526 g/mol. The average molecular weight is 553 g/mol. The number of carbonyl (C=O) groups is 3. The fourth-order valence-electron chi connectivity index (χ4n) is 2.85. The van der Waals surface area contributed by atoms with Gasteiger partial charge in [0.1, 0.15) is 11.8 Å². The molecular formula is C24H27BrClN3O5. The van der Waals surface area contributed by atoms with E-state index in [1.165, 1.54) is 6.21 Å². The van der Waals surface area contributed by atoms with E-state index in [2.05, 4.69) is 31.8 Å². The number of hydrogen-bond acceptors (Lipinski definition) is 6. The van der Waals surface area contributed by atoms with E-state index in [9.17, 15) is 14.4 Å². The highest BCUT2D eigenvalue weighted by atomic mass is 79.9. The van der Waals surface area contributed by atoms with Crippen molar-refractivity contribution < 1.29 is 23.9 Å². The number of nitrogens with zero attached hydrogens (tertiary/aromatic N) is 1. The number of amides is 2. The molecule has 1 unspecified atom stereocenters. The predicted molar refractivity (Wildman–Crippen MR) is 134 cm³/mol. The van der Waals surface area contributed by atoms with Gasteiger partial charge in [0.05, 0.1) is 17.3 Å². The molecule has 2 aromatic carbocycles. The minimum absolute atomic E-state index is 0.170. The molecule has 0 fully saturated rings. The number of nitrogens with one attached hydrogen (secondary N) is 2. The van der Waals surface area contributed by atoms with Crippen LogP contribution in [0.5, 0.6) is 5.75 Å². The van der Waals surface area contributed by atoms with Crippen molar-refractivity contribution in [2.45, 2.75) is 33.2 Å². The van der Waals surface area contributed by atoms with Crippen LogP contribution in [0.25, 0.3) is 0 Å². The Morgan fingerprint density at radius 1 is 1.15 bits per heavy atom. The first-order valence-corrected chi connectivity index (χ1v) is 11.8. The SMILES string of the molecule is CCOC(=O)COc1ccc(C=NNC(=O)C(CC(C)C)NC(=O)c2ccc(Cl)cc2)cc1Br. The van der Waals surface area contributed by atoms with Crippen LogP contribution in [0, 0.1) is 5.92 Å². The zero-order valence-electron chi connectivity index (χ0n) is 19.1. The zero-order valence-corrected chi connectivity index (χ0v) is 21.5. The molecule has 0 saturated carbocycles. The van der Waals surface area contributed by atoms with Crippen molar-refractivity contribution in [3.05, 3.63) is 63.1 Å². The first kappa shape index (κ1) is 27.3. The number of ether oxygens (including phenoxy) is 2. The van der Waals surface area contributed by atoms with E-state index in [1.54, 1.807) is 49.4 Å². The Morgan fingerprint density at radius 2 is 1.85 bits per heavy atom. The van der Waals surface area contributed by atoms with E-state index in [0.717, 1.165) is 0 Å². The van der Waals surface area contributed by atoms with Crippen molar-refractivity contribution in [1.82, 2.24) is 10.7 Å². The molecule has 0 aliphatic heterocycles. The van der Waals surface area contributed by atoms with Gasteiger partial charge in [-0.05, 0) is 83.2 Å². The van der Waals surface area contributed by atoms with Crippen molar-refractivity contribution in [2.24, 2.45) is 11.0 Å². The summed E-state index contributed by atoms with van der Waals surface area (Å²) in [6.07, 6.45) is 1.91. The number of halogens is 2. The monoisotopic (exact) mass is 551 g/mol. The second kappa shape index (κ2) is 13.7. The minimum atomic E-state index is -0.759. The Kier molecular flexibility index (Phi) is 11.0. The molecule has 2 rings (SSSR count). The Labute approximate surface area is 212 Å². The van der Waals surface area contributed by atoms with E-state index >= 15 is 0 Å². The molecule has 0 aliphatic rings. The maximum Gasteiger partial charge on any atom is 0.344 e.